The van der Waals surface area contributed by atoms with E-state index in [1.54, 1.807) is 23.1 Å². The molecule has 2 amide bonds. The summed E-state index contributed by atoms with van der Waals surface area (Å²) in [6, 6.07) is 9.00. The quantitative estimate of drug-likeness (QED) is 0.914. The summed E-state index contributed by atoms with van der Waals surface area (Å²) in [5, 5.41) is 3.35. The van der Waals surface area contributed by atoms with Crippen molar-refractivity contribution in [1.82, 2.24) is 15.2 Å². The standard InChI is InChI=1S/C18H17ClFN3O2/c19-12-5-8-21-16(11-12)17(24)22-13-6-9-23(10-7-13)18(25)14-3-1-2-4-15(14)20/h1-5,8,11,13H,6-7,9-10H2,(H,22,24). The van der Waals surface area contributed by atoms with Crippen LogP contribution in [0.25, 0.3) is 0 Å². The number of rotatable bonds is 3. The fraction of sp³-hybridized carbons (Fsp3) is 0.278. The number of pyridine rings is 1. The predicted molar refractivity (Wildman–Crippen MR) is 92.0 cm³/mol. The van der Waals surface area contributed by atoms with Crippen LogP contribution < -0.4 is 5.32 Å². The highest BCUT2D eigenvalue weighted by atomic mass is 35.5. The number of amides is 2. The maximum atomic E-state index is 13.7. The van der Waals surface area contributed by atoms with Crippen molar-refractivity contribution < 1.29 is 14.0 Å². The van der Waals surface area contributed by atoms with Gasteiger partial charge in [-0.25, -0.2) is 4.39 Å². The maximum absolute atomic E-state index is 13.7. The number of nitrogens with one attached hydrogen (secondary N) is 1. The monoisotopic (exact) mass is 361 g/mol. The molecule has 0 spiro atoms. The first-order valence-corrected chi connectivity index (χ1v) is 8.38. The van der Waals surface area contributed by atoms with Crippen molar-refractivity contribution in [2.45, 2.75) is 18.9 Å². The van der Waals surface area contributed by atoms with Crippen LogP contribution in [0.2, 0.25) is 5.02 Å². The largest absolute Gasteiger partial charge is 0.348 e. The number of halogens is 2. The normalized spacial score (nSPS) is 15.0. The van der Waals surface area contributed by atoms with E-state index >= 15 is 0 Å². The van der Waals surface area contributed by atoms with Gasteiger partial charge >= 0.3 is 0 Å². The number of carbonyl (C=O) groups is 2. The molecule has 2 aromatic rings. The molecule has 0 aliphatic carbocycles. The Bertz CT molecular complexity index is 791. The zero-order chi connectivity index (χ0) is 17.8. The average Bonchev–Trinajstić information content (AvgIpc) is 2.62. The van der Waals surface area contributed by atoms with E-state index in [9.17, 15) is 14.0 Å². The first-order valence-electron chi connectivity index (χ1n) is 8.01. The zero-order valence-corrected chi connectivity index (χ0v) is 14.2. The first kappa shape index (κ1) is 17.4. The molecule has 2 heterocycles. The number of likely N-dealkylation sites (tertiary alicyclic amines) is 1. The third kappa shape index (κ3) is 4.14. The summed E-state index contributed by atoms with van der Waals surface area (Å²) >= 11 is 5.86. The highest BCUT2D eigenvalue weighted by Crippen LogP contribution is 2.16. The number of hydrogen-bond acceptors (Lipinski definition) is 3. The van der Waals surface area contributed by atoms with Crippen LogP contribution in [0.1, 0.15) is 33.7 Å². The van der Waals surface area contributed by atoms with E-state index in [4.69, 9.17) is 11.6 Å². The summed E-state index contributed by atoms with van der Waals surface area (Å²) < 4.78 is 13.7. The molecule has 1 saturated heterocycles. The van der Waals surface area contributed by atoms with Gasteiger partial charge in [-0.05, 0) is 37.1 Å². The van der Waals surface area contributed by atoms with E-state index in [1.165, 1.54) is 24.4 Å². The molecule has 3 rings (SSSR count). The molecule has 7 heteroatoms. The van der Waals surface area contributed by atoms with Gasteiger partial charge in [0.25, 0.3) is 11.8 Å². The Labute approximate surface area is 149 Å². The second-order valence-electron chi connectivity index (χ2n) is 5.88. The van der Waals surface area contributed by atoms with Crippen LogP contribution in [0.5, 0.6) is 0 Å². The van der Waals surface area contributed by atoms with Gasteiger partial charge in [-0.15, -0.1) is 0 Å². The number of benzene rings is 1. The molecule has 0 unspecified atom stereocenters. The lowest BCUT2D eigenvalue weighted by atomic mass is 10.0. The van der Waals surface area contributed by atoms with Gasteiger partial charge in [-0.1, -0.05) is 23.7 Å². The fourth-order valence-electron chi connectivity index (χ4n) is 2.82. The number of nitrogens with zero attached hydrogens (tertiary/aromatic N) is 2. The van der Waals surface area contributed by atoms with Crippen molar-refractivity contribution in [2.24, 2.45) is 0 Å². The molecule has 0 saturated carbocycles. The fourth-order valence-corrected chi connectivity index (χ4v) is 2.98. The lowest BCUT2D eigenvalue weighted by Crippen LogP contribution is -2.46. The zero-order valence-electron chi connectivity index (χ0n) is 13.4. The van der Waals surface area contributed by atoms with E-state index in [2.05, 4.69) is 10.3 Å². The Morgan fingerprint density at radius 2 is 1.92 bits per heavy atom. The molecule has 1 aromatic carbocycles. The molecule has 5 nitrogen and oxygen atoms in total. The van der Waals surface area contributed by atoms with Crippen molar-refractivity contribution >= 4 is 23.4 Å². The molecule has 1 aliphatic heterocycles. The van der Waals surface area contributed by atoms with Gasteiger partial charge in [0.15, 0.2) is 0 Å². The molecule has 1 aliphatic rings. The Morgan fingerprint density at radius 1 is 1.20 bits per heavy atom. The molecule has 1 fully saturated rings. The van der Waals surface area contributed by atoms with Crippen LogP contribution in [-0.2, 0) is 0 Å². The lowest BCUT2D eigenvalue weighted by Gasteiger charge is -2.32. The van der Waals surface area contributed by atoms with Gasteiger partial charge in [0, 0.05) is 30.4 Å². The molecule has 0 atom stereocenters. The van der Waals surface area contributed by atoms with Gasteiger partial charge in [0.1, 0.15) is 11.5 Å². The first-order chi connectivity index (χ1) is 12.0. The van der Waals surface area contributed by atoms with E-state index < -0.39 is 5.82 Å². The molecule has 25 heavy (non-hydrogen) atoms. The lowest BCUT2D eigenvalue weighted by molar-refractivity contribution is 0.0693. The van der Waals surface area contributed by atoms with Crippen LogP contribution in [0.4, 0.5) is 4.39 Å². The molecule has 1 N–H and O–H groups in total. The smallest absolute Gasteiger partial charge is 0.270 e. The number of piperidine rings is 1. The van der Waals surface area contributed by atoms with E-state index in [0.29, 0.717) is 31.0 Å². The third-order valence-corrected chi connectivity index (χ3v) is 4.41. The summed E-state index contributed by atoms with van der Waals surface area (Å²) in [4.78, 5) is 30.2. The van der Waals surface area contributed by atoms with Gasteiger partial charge in [-0.2, -0.15) is 0 Å². The van der Waals surface area contributed by atoms with Gasteiger partial charge in [0.2, 0.25) is 0 Å². The second-order valence-corrected chi connectivity index (χ2v) is 6.32. The van der Waals surface area contributed by atoms with Crippen LogP contribution in [-0.4, -0.2) is 40.8 Å². The van der Waals surface area contributed by atoms with Crippen molar-refractivity contribution in [3.8, 4) is 0 Å². The second kappa shape index (κ2) is 7.61. The molecule has 1 aromatic heterocycles. The average molecular weight is 362 g/mol. The highest BCUT2D eigenvalue weighted by Gasteiger charge is 2.26. The van der Waals surface area contributed by atoms with Gasteiger partial charge in [-0.3, -0.25) is 14.6 Å². The van der Waals surface area contributed by atoms with Crippen LogP contribution >= 0.6 is 11.6 Å². The topological polar surface area (TPSA) is 62.3 Å². The van der Waals surface area contributed by atoms with E-state index in [1.807, 2.05) is 0 Å². The number of aromatic nitrogens is 1. The summed E-state index contributed by atoms with van der Waals surface area (Å²) in [6.45, 7) is 0.919. The molecule has 130 valence electrons. The molecular formula is C18H17ClFN3O2. The summed E-state index contributed by atoms with van der Waals surface area (Å²) in [5.41, 5.74) is 0.338. The van der Waals surface area contributed by atoms with E-state index in [-0.39, 0.29) is 29.1 Å². The van der Waals surface area contributed by atoms with Gasteiger partial charge in [0.05, 0.1) is 5.56 Å². The molecular weight excluding hydrogens is 345 g/mol. The van der Waals surface area contributed by atoms with Crippen LogP contribution in [0, 0.1) is 5.82 Å². The van der Waals surface area contributed by atoms with Crippen molar-refractivity contribution in [3.05, 3.63) is 64.7 Å². The Morgan fingerprint density at radius 3 is 2.60 bits per heavy atom. The maximum Gasteiger partial charge on any atom is 0.270 e. The Balaban J connectivity index is 1.56. The van der Waals surface area contributed by atoms with Gasteiger partial charge < -0.3 is 10.2 Å². The molecule has 0 radical (unpaired) electrons. The molecule has 0 bridgehead atoms. The highest BCUT2D eigenvalue weighted by molar-refractivity contribution is 6.30. The number of hydrogen-bond donors (Lipinski definition) is 1. The predicted octanol–water partition coefficient (Wildman–Crippen LogP) is 2.91. The minimum absolute atomic E-state index is 0.0575. The van der Waals surface area contributed by atoms with Crippen molar-refractivity contribution in [1.29, 1.82) is 0 Å². The minimum Gasteiger partial charge on any atom is -0.348 e. The minimum atomic E-state index is -0.519. The summed E-state index contributed by atoms with van der Waals surface area (Å²) in [7, 11) is 0. The number of carbonyl (C=O) groups excluding carboxylic acids is 2. The SMILES string of the molecule is O=C(NC1CCN(C(=O)c2ccccc2F)CC1)c1cc(Cl)ccn1. The van der Waals surface area contributed by atoms with Crippen LogP contribution in [0.3, 0.4) is 0 Å². The summed E-state index contributed by atoms with van der Waals surface area (Å²) in [6.07, 6.45) is 2.69. The Hall–Kier alpha value is -2.47. The van der Waals surface area contributed by atoms with Crippen LogP contribution in [0.15, 0.2) is 42.6 Å². The van der Waals surface area contributed by atoms with Crippen molar-refractivity contribution in [3.63, 3.8) is 0 Å². The Kier molecular flexibility index (Phi) is 5.28. The third-order valence-electron chi connectivity index (χ3n) is 4.18. The van der Waals surface area contributed by atoms with E-state index in [0.717, 1.165) is 0 Å². The summed E-state index contributed by atoms with van der Waals surface area (Å²) in [5.74, 6) is -1.13. The van der Waals surface area contributed by atoms with Crippen molar-refractivity contribution in [2.75, 3.05) is 13.1 Å².